The van der Waals surface area contributed by atoms with Gasteiger partial charge in [0.15, 0.2) is 0 Å². The molecule has 21 heavy (non-hydrogen) atoms. The topological polar surface area (TPSA) is 46.2 Å². The first-order valence-corrected chi connectivity index (χ1v) is 8.10. The molecular formula is C16H17Cl2NO2. The Labute approximate surface area is 134 Å². The number of amides is 1. The standard InChI is InChI=1S/C16H17Cl2NO2/c17-12-4-5-13(18)14(8-12)19-16(21)11-6-9-2-1-3-10(7-11)15(9)20/h4-5,8-11H,1-3,6-7H2,(H,19,21)/t9-,10-/m1/s1. The van der Waals surface area contributed by atoms with Crippen LogP contribution in [0.15, 0.2) is 18.2 Å². The van der Waals surface area contributed by atoms with Gasteiger partial charge in [-0.2, -0.15) is 0 Å². The highest BCUT2D eigenvalue weighted by Crippen LogP contribution is 2.40. The number of anilines is 1. The fraction of sp³-hybridized carbons (Fsp3) is 0.500. The second kappa shape index (κ2) is 5.98. The van der Waals surface area contributed by atoms with Gasteiger partial charge in [0.05, 0.1) is 10.7 Å². The summed E-state index contributed by atoms with van der Waals surface area (Å²) in [4.78, 5) is 24.5. The van der Waals surface area contributed by atoms with Crippen LogP contribution in [0, 0.1) is 17.8 Å². The van der Waals surface area contributed by atoms with E-state index in [9.17, 15) is 9.59 Å². The molecule has 1 amide bonds. The van der Waals surface area contributed by atoms with Gasteiger partial charge in [0.25, 0.3) is 0 Å². The molecule has 2 bridgehead atoms. The Kier molecular flexibility index (Phi) is 4.23. The quantitative estimate of drug-likeness (QED) is 0.879. The van der Waals surface area contributed by atoms with E-state index >= 15 is 0 Å². The van der Waals surface area contributed by atoms with Crippen LogP contribution in [-0.4, -0.2) is 11.7 Å². The van der Waals surface area contributed by atoms with Gasteiger partial charge in [-0.15, -0.1) is 0 Å². The monoisotopic (exact) mass is 325 g/mol. The van der Waals surface area contributed by atoms with Crippen LogP contribution in [-0.2, 0) is 9.59 Å². The summed E-state index contributed by atoms with van der Waals surface area (Å²) in [5, 5.41) is 3.86. The number of fused-ring (bicyclic) bond motifs is 2. The molecule has 1 aromatic rings. The van der Waals surface area contributed by atoms with E-state index in [-0.39, 0.29) is 23.7 Å². The van der Waals surface area contributed by atoms with Crippen molar-refractivity contribution in [1.82, 2.24) is 0 Å². The summed E-state index contributed by atoms with van der Waals surface area (Å²) in [7, 11) is 0. The normalized spacial score (nSPS) is 28.3. The first kappa shape index (κ1) is 14.9. The van der Waals surface area contributed by atoms with E-state index in [0.29, 0.717) is 34.4 Å². The van der Waals surface area contributed by atoms with Gasteiger partial charge in [0.1, 0.15) is 5.78 Å². The molecule has 3 rings (SSSR count). The van der Waals surface area contributed by atoms with Crippen LogP contribution in [0.3, 0.4) is 0 Å². The summed E-state index contributed by atoms with van der Waals surface area (Å²) in [5.74, 6) is 0.355. The maximum atomic E-state index is 12.4. The molecule has 0 unspecified atom stereocenters. The van der Waals surface area contributed by atoms with Crippen molar-refractivity contribution in [3.63, 3.8) is 0 Å². The van der Waals surface area contributed by atoms with E-state index in [0.717, 1.165) is 19.3 Å². The largest absolute Gasteiger partial charge is 0.324 e. The maximum Gasteiger partial charge on any atom is 0.227 e. The van der Waals surface area contributed by atoms with Crippen molar-refractivity contribution in [3.8, 4) is 0 Å². The van der Waals surface area contributed by atoms with Crippen LogP contribution in [0.4, 0.5) is 5.69 Å². The minimum atomic E-state index is -0.104. The minimum Gasteiger partial charge on any atom is -0.324 e. The number of carbonyl (C=O) groups is 2. The highest BCUT2D eigenvalue weighted by atomic mass is 35.5. The molecule has 0 saturated heterocycles. The Morgan fingerprint density at radius 1 is 1.14 bits per heavy atom. The molecule has 3 nitrogen and oxygen atoms in total. The summed E-state index contributed by atoms with van der Waals surface area (Å²) in [6, 6.07) is 5.00. The summed E-state index contributed by atoms with van der Waals surface area (Å²) < 4.78 is 0. The molecule has 2 atom stereocenters. The highest BCUT2D eigenvalue weighted by Gasteiger charge is 2.41. The lowest BCUT2D eigenvalue weighted by Gasteiger charge is -2.37. The van der Waals surface area contributed by atoms with Crippen molar-refractivity contribution in [2.24, 2.45) is 17.8 Å². The number of nitrogens with one attached hydrogen (secondary N) is 1. The second-order valence-corrected chi connectivity index (χ2v) is 6.85. The molecule has 5 heteroatoms. The minimum absolute atomic E-state index is 0.0523. The molecule has 1 N–H and O–H groups in total. The number of carbonyl (C=O) groups excluding carboxylic acids is 2. The van der Waals surface area contributed by atoms with Crippen molar-refractivity contribution in [1.29, 1.82) is 0 Å². The Morgan fingerprint density at radius 3 is 2.48 bits per heavy atom. The van der Waals surface area contributed by atoms with Crippen LogP contribution < -0.4 is 5.32 Å². The summed E-state index contributed by atoms with van der Waals surface area (Å²) in [5.41, 5.74) is 0.538. The highest BCUT2D eigenvalue weighted by molar-refractivity contribution is 6.35. The molecular weight excluding hydrogens is 309 g/mol. The lowest BCUT2D eigenvalue weighted by molar-refractivity contribution is -0.136. The van der Waals surface area contributed by atoms with Gasteiger partial charge in [0, 0.05) is 22.8 Å². The number of hydrogen-bond donors (Lipinski definition) is 1. The van der Waals surface area contributed by atoms with E-state index in [2.05, 4.69) is 5.32 Å². The Balaban J connectivity index is 1.71. The van der Waals surface area contributed by atoms with E-state index in [1.54, 1.807) is 18.2 Å². The van der Waals surface area contributed by atoms with E-state index in [4.69, 9.17) is 23.2 Å². The van der Waals surface area contributed by atoms with Crippen molar-refractivity contribution in [2.75, 3.05) is 5.32 Å². The zero-order valence-corrected chi connectivity index (χ0v) is 13.1. The first-order valence-electron chi connectivity index (χ1n) is 7.34. The van der Waals surface area contributed by atoms with Gasteiger partial charge in [-0.05, 0) is 43.9 Å². The smallest absolute Gasteiger partial charge is 0.227 e. The van der Waals surface area contributed by atoms with Gasteiger partial charge in [-0.3, -0.25) is 9.59 Å². The predicted molar refractivity (Wildman–Crippen MR) is 83.7 cm³/mol. The number of Topliss-reactive ketones (excluding diaryl/α,β-unsaturated/α-hetero) is 1. The van der Waals surface area contributed by atoms with Crippen LogP contribution in [0.5, 0.6) is 0 Å². The third-order valence-corrected chi connectivity index (χ3v) is 5.17. The molecule has 2 saturated carbocycles. The van der Waals surface area contributed by atoms with Crippen LogP contribution in [0.1, 0.15) is 32.1 Å². The van der Waals surface area contributed by atoms with Crippen molar-refractivity contribution < 1.29 is 9.59 Å². The first-order chi connectivity index (χ1) is 10.0. The molecule has 0 radical (unpaired) electrons. The van der Waals surface area contributed by atoms with Gasteiger partial charge in [-0.1, -0.05) is 29.6 Å². The second-order valence-electron chi connectivity index (χ2n) is 6.01. The molecule has 0 aliphatic heterocycles. The van der Waals surface area contributed by atoms with E-state index < -0.39 is 0 Å². The summed E-state index contributed by atoms with van der Waals surface area (Å²) in [6.07, 6.45) is 4.29. The van der Waals surface area contributed by atoms with Crippen LogP contribution in [0.25, 0.3) is 0 Å². The molecule has 0 spiro atoms. The van der Waals surface area contributed by atoms with Gasteiger partial charge >= 0.3 is 0 Å². The van der Waals surface area contributed by atoms with Crippen LogP contribution >= 0.6 is 23.2 Å². The molecule has 1 aromatic carbocycles. The third kappa shape index (κ3) is 3.09. The average molecular weight is 326 g/mol. The SMILES string of the molecule is O=C(Nc1cc(Cl)ccc1Cl)C1C[C@H]2CCC[C@H](C1)C2=O. The lowest BCUT2D eigenvalue weighted by Crippen LogP contribution is -2.40. The van der Waals surface area contributed by atoms with Crippen molar-refractivity contribution >= 4 is 40.6 Å². The molecule has 2 aliphatic rings. The maximum absolute atomic E-state index is 12.4. The number of hydrogen-bond acceptors (Lipinski definition) is 2. The zero-order chi connectivity index (χ0) is 15.0. The molecule has 2 aliphatic carbocycles. The summed E-state index contributed by atoms with van der Waals surface area (Å²) >= 11 is 12.0. The number of rotatable bonds is 2. The summed E-state index contributed by atoms with van der Waals surface area (Å²) in [6.45, 7) is 0. The Hall–Kier alpha value is -1.06. The van der Waals surface area contributed by atoms with Crippen LogP contribution in [0.2, 0.25) is 10.0 Å². The Morgan fingerprint density at radius 2 is 1.81 bits per heavy atom. The fourth-order valence-electron chi connectivity index (χ4n) is 3.52. The number of halogens is 2. The van der Waals surface area contributed by atoms with E-state index in [1.165, 1.54) is 0 Å². The predicted octanol–water partition coefficient (Wildman–Crippen LogP) is 4.33. The molecule has 2 fully saturated rings. The average Bonchev–Trinajstić information content (AvgIpc) is 2.42. The Bertz CT molecular complexity index is 572. The van der Waals surface area contributed by atoms with Gasteiger partial charge < -0.3 is 5.32 Å². The fourth-order valence-corrected chi connectivity index (χ4v) is 3.86. The zero-order valence-electron chi connectivity index (χ0n) is 11.6. The number of ketones is 1. The molecule has 112 valence electrons. The van der Waals surface area contributed by atoms with Gasteiger partial charge in [-0.25, -0.2) is 0 Å². The lowest BCUT2D eigenvalue weighted by atomic mass is 9.67. The van der Waals surface area contributed by atoms with Crippen molar-refractivity contribution in [2.45, 2.75) is 32.1 Å². The molecule has 0 heterocycles. The van der Waals surface area contributed by atoms with E-state index in [1.807, 2.05) is 0 Å². The van der Waals surface area contributed by atoms with Gasteiger partial charge in [0.2, 0.25) is 5.91 Å². The number of benzene rings is 1. The van der Waals surface area contributed by atoms with Crippen molar-refractivity contribution in [3.05, 3.63) is 28.2 Å². The third-order valence-electron chi connectivity index (χ3n) is 4.61. The molecule has 0 aromatic heterocycles.